The van der Waals surface area contributed by atoms with Crippen LogP contribution in [-0.4, -0.2) is 24.5 Å². The van der Waals surface area contributed by atoms with E-state index >= 15 is 0 Å². The van der Waals surface area contributed by atoms with Crippen LogP contribution in [0.2, 0.25) is 5.02 Å². The van der Waals surface area contributed by atoms with Crippen LogP contribution >= 0.6 is 11.6 Å². The van der Waals surface area contributed by atoms with E-state index in [2.05, 4.69) is 4.99 Å². The number of nitrogens with zero attached hydrogens (tertiary/aromatic N) is 1. The first-order chi connectivity index (χ1) is 7.13. The maximum Gasteiger partial charge on any atom is 0.0781 e. The van der Waals surface area contributed by atoms with Crippen molar-refractivity contribution >= 4 is 23.0 Å². The predicted molar refractivity (Wildman–Crippen MR) is 65.3 cm³/mol. The lowest BCUT2D eigenvalue weighted by molar-refractivity contribution is 1.16. The number of aliphatic imine (C=N–C) groups is 1. The third-order valence-electron chi connectivity index (χ3n) is 2.02. The van der Waals surface area contributed by atoms with E-state index in [1.54, 1.807) is 0 Å². The summed E-state index contributed by atoms with van der Waals surface area (Å²) in [6.07, 6.45) is 0. The molecule has 0 saturated heterocycles. The second-order valence-electron chi connectivity index (χ2n) is 3.22. The number of benzene rings is 1. The van der Waals surface area contributed by atoms with Gasteiger partial charge in [0.25, 0.3) is 0 Å². The van der Waals surface area contributed by atoms with Gasteiger partial charge in [-0.15, -0.1) is 0 Å². The topological polar surface area (TPSA) is 62.2 Å². The normalized spacial score (nSPS) is 11.5. The van der Waals surface area contributed by atoms with Gasteiger partial charge in [0.05, 0.1) is 6.54 Å². The van der Waals surface area contributed by atoms with E-state index < -0.39 is 0 Å². The van der Waals surface area contributed by atoms with Gasteiger partial charge in [-0.05, 0) is 24.6 Å². The van der Waals surface area contributed by atoms with Gasteiger partial charge in [0.1, 0.15) is 0 Å². The Kier molecular flexibility index (Phi) is 4.46. The minimum atomic E-state index is 0.261. The summed E-state index contributed by atoms with van der Waals surface area (Å²) in [4.78, 5) is 4.26. The summed E-state index contributed by atoms with van der Waals surface area (Å²) in [6.45, 7) is 2.54. The summed E-state index contributed by atoms with van der Waals surface area (Å²) in [5.74, 6) is 0. The second-order valence-corrected chi connectivity index (χ2v) is 3.65. The molecule has 0 aliphatic carbocycles. The number of nitrogens with one attached hydrogen (secondary N) is 1. The lowest BCUT2D eigenvalue weighted by Gasteiger charge is -2.01. The molecule has 0 bridgehead atoms. The first-order valence-electron chi connectivity index (χ1n) is 4.67. The first kappa shape index (κ1) is 11.9. The number of hydrogen-bond donors (Lipinski definition) is 2. The monoisotopic (exact) mass is 223 g/mol. The summed E-state index contributed by atoms with van der Waals surface area (Å²) in [5, 5.41) is 8.08. The lowest BCUT2D eigenvalue weighted by atomic mass is 10.1. The van der Waals surface area contributed by atoms with Gasteiger partial charge in [0.2, 0.25) is 0 Å². The lowest BCUT2D eigenvalue weighted by Crippen LogP contribution is -2.16. The molecule has 0 atom stereocenters. The van der Waals surface area contributed by atoms with Crippen LogP contribution in [0.25, 0.3) is 0 Å². The minimum Gasteiger partial charge on any atom is -0.325 e. The molecule has 1 aromatic carbocycles. The van der Waals surface area contributed by atoms with E-state index in [4.69, 9.17) is 22.7 Å². The van der Waals surface area contributed by atoms with Gasteiger partial charge in [0, 0.05) is 23.0 Å². The molecule has 0 saturated carbocycles. The van der Waals surface area contributed by atoms with Crippen molar-refractivity contribution in [2.75, 3.05) is 13.1 Å². The molecule has 80 valence electrons. The maximum absolute atomic E-state index is 7.37. The third kappa shape index (κ3) is 3.81. The fourth-order valence-electron chi connectivity index (χ4n) is 1.06. The summed E-state index contributed by atoms with van der Waals surface area (Å²) >= 11 is 5.78. The average molecular weight is 224 g/mol. The van der Waals surface area contributed by atoms with E-state index in [-0.39, 0.29) is 6.54 Å². The van der Waals surface area contributed by atoms with E-state index in [1.165, 1.54) is 0 Å². The zero-order valence-electron chi connectivity index (χ0n) is 8.63. The molecular formula is C11H14ClN3. The van der Waals surface area contributed by atoms with Gasteiger partial charge in [-0.25, -0.2) is 0 Å². The molecule has 0 aliphatic rings. The molecule has 0 amide bonds. The predicted octanol–water partition coefficient (Wildman–Crippen LogP) is 2.13. The van der Waals surface area contributed by atoms with Crippen molar-refractivity contribution in [2.45, 2.75) is 6.92 Å². The van der Waals surface area contributed by atoms with Crippen molar-refractivity contribution in [3.63, 3.8) is 0 Å². The molecule has 3 nitrogen and oxygen atoms in total. The minimum absolute atomic E-state index is 0.261. The fraction of sp³-hybridized carbons (Fsp3) is 0.273. The highest BCUT2D eigenvalue weighted by Gasteiger charge is 1.97. The number of hydrogen-bond acceptors (Lipinski definition) is 3. The van der Waals surface area contributed by atoms with Crippen LogP contribution in [-0.2, 0) is 0 Å². The fourth-order valence-corrected chi connectivity index (χ4v) is 1.19. The molecule has 0 spiro atoms. The van der Waals surface area contributed by atoms with E-state index in [9.17, 15) is 0 Å². The molecule has 15 heavy (non-hydrogen) atoms. The highest BCUT2D eigenvalue weighted by molar-refractivity contribution is 6.30. The number of rotatable bonds is 4. The second kappa shape index (κ2) is 5.63. The van der Waals surface area contributed by atoms with Crippen molar-refractivity contribution in [2.24, 2.45) is 10.7 Å². The highest BCUT2D eigenvalue weighted by Crippen LogP contribution is 2.10. The molecule has 4 heteroatoms. The van der Waals surface area contributed by atoms with Crippen LogP contribution in [0, 0.1) is 5.41 Å². The molecule has 3 N–H and O–H groups in total. The molecule has 0 unspecified atom stereocenters. The SMILES string of the molecule is CC(=NCC(=N)CN)c1ccc(Cl)cc1. The molecule has 0 fully saturated rings. The van der Waals surface area contributed by atoms with Crippen LogP contribution in [0.5, 0.6) is 0 Å². The third-order valence-corrected chi connectivity index (χ3v) is 2.27. The average Bonchev–Trinajstić information content (AvgIpc) is 2.26. The van der Waals surface area contributed by atoms with Gasteiger partial charge in [-0.1, -0.05) is 23.7 Å². The van der Waals surface area contributed by atoms with Crippen molar-refractivity contribution < 1.29 is 0 Å². The van der Waals surface area contributed by atoms with E-state index in [0.717, 1.165) is 11.3 Å². The van der Waals surface area contributed by atoms with Crippen molar-refractivity contribution in [3.05, 3.63) is 34.9 Å². The molecular weight excluding hydrogens is 210 g/mol. The van der Waals surface area contributed by atoms with Gasteiger partial charge in [0.15, 0.2) is 0 Å². The van der Waals surface area contributed by atoms with Crippen LogP contribution in [0.1, 0.15) is 12.5 Å². The zero-order chi connectivity index (χ0) is 11.3. The van der Waals surface area contributed by atoms with Crippen LogP contribution in [0.15, 0.2) is 29.3 Å². The standard InChI is InChI=1S/C11H14ClN3/c1-8(15-7-11(14)6-13)9-2-4-10(12)5-3-9/h2-5,14H,6-7,13H2,1H3. The highest BCUT2D eigenvalue weighted by atomic mass is 35.5. The summed E-state index contributed by atoms with van der Waals surface area (Å²) in [5.41, 5.74) is 7.65. The van der Waals surface area contributed by atoms with Crippen LogP contribution in [0.3, 0.4) is 0 Å². The molecule has 0 radical (unpaired) electrons. The Morgan fingerprint density at radius 3 is 2.53 bits per heavy atom. The Hall–Kier alpha value is -1.19. The Morgan fingerprint density at radius 2 is 2.00 bits per heavy atom. The smallest absolute Gasteiger partial charge is 0.0781 e. The maximum atomic E-state index is 7.37. The van der Waals surface area contributed by atoms with Gasteiger partial charge in [-0.3, -0.25) is 4.99 Å². The molecule has 0 aliphatic heterocycles. The summed E-state index contributed by atoms with van der Waals surface area (Å²) < 4.78 is 0. The Morgan fingerprint density at radius 1 is 1.40 bits per heavy atom. The van der Waals surface area contributed by atoms with Gasteiger partial charge >= 0.3 is 0 Å². The van der Waals surface area contributed by atoms with Gasteiger partial charge in [-0.2, -0.15) is 0 Å². The Balaban J connectivity index is 2.71. The molecule has 0 heterocycles. The molecule has 0 aromatic heterocycles. The Labute approximate surface area is 94.5 Å². The van der Waals surface area contributed by atoms with E-state index in [0.29, 0.717) is 17.3 Å². The number of halogens is 1. The zero-order valence-corrected chi connectivity index (χ0v) is 9.38. The summed E-state index contributed by atoms with van der Waals surface area (Å²) in [6, 6.07) is 7.47. The van der Waals surface area contributed by atoms with Crippen molar-refractivity contribution in [3.8, 4) is 0 Å². The quantitative estimate of drug-likeness (QED) is 0.755. The van der Waals surface area contributed by atoms with Crippen molar-refractivity contribution in [1.29, 1.82) is 5.41 Å². The van der Waals surface area contributed by atoms with E-state index in [1.807, 2.05) is 31.2 Å². The Bertz CT molecular complexity index is 368. The molecule has 1 rings (SSSR count). The summed E-state index contributed by atoms with van der Waals surface area (Å²) in [7, 11) is 0. The largest absolute Gasteiger partial charge is 0.325 e. The van der Waals surface area contributed by atoms with Crippen LogP contribution < -0.4 is 5.73 Å². The van der Waals surface area contributed by atoms with Gasteiger partial charge < -0.3 is 11.1 Å². The first-order valence-corrected chi connectivity index (χ1v) is 5.04. The van der Waals surface area contributed by atoms with Crippen LogP contribution in [0.4, 0.5) is 0 Å². The van der Waals surface area contributed by atoms with Crippen molar-refractivity contribution in [1.82, 2.24) is 0 Å². The number of nitrogens with two attached hydrogens (primary N) is 1. The molecule has 1 aromatic rings.